The van der Waals surface area contributed by atoms with Gasteiger partial charge in [-0.1, -0.05) is 0 Å². The van der Waals surface area contributed by atoms with Crippen molar-refractivity contribution in [1.82, 2.24) is 5.32 Å². The Morgan fingerprint density at radius 1 is 1.39 bits per heavy atom. The third-order valence-corrected chi connectivity index (χ3v) is 3.19. The molecule has 0 radical (unpaired) electrons. The first kappa shape index (κ1) is 15.4. The van der Waals surface area contributed by atoms with Crippen LogP contribution in [0, 0.1) is 5.92 Å². The Hall–Kier alpha value is -0.690. The summed E-state index contributed by atoms with van der Waals surface area (Å²) in [6.45, 7) is 4.85. The molecule has 1 saturated carbocycles. The van der Waals surface area contributed by atoms with E-state index < -0.39 is 30.3 Å². The summed E-state index contributed by atoms with van der Waals surface area (Å²) in [7, 11) is 0. The second-order valence-electron chi connectivity index (χ2n) is 5.11. The van der Waals surface area contributed by atoms with E-state index in [0.717, 1.165) is 0 Å². The highest BCUT2D eigenvalue weighted by molar-refractivity contribution is 5.73. The molecule has 6 nitrogen and oxygen atoms in total. The van der Waals surface area contributed by atoms with Gasteiger partial charge in [-0.25, -0.2) is 0 Å². The summed E-state index contributed by atoms with van der Waals surface area (Å²) >= 11 is 0. The first-order valence-electron chi connectivity index (χ1n) is 6.26. The monoisotopic (exact) mass is 261 g/mol. The highest BCUT2D eigenvalue weighted by Gasteiger charge is 2.44. The zero-order valence-electron chi connectivity index (χ0n) is 11.0. The van der Waals surface area contributed by atoms with E-state index in [1.807, 2.05) is 13.8 Å². The van der Waals surface area contributed by atoms with Crippen LogP contribution in [0.2, 0.25) is 0 Å². The average Bonchev–Trinajstić information content (AvgIpc) is 2.27. The summed E-state index contributed by atoms with van der Waals surface area (Å²) < 4.78 is 5.66. The number of ether oxygens (including phenoxy) is 1. The molecule has 0 aromatic rings. The van der Waals surface area contributed by atoms with Gasteiger partial charge in [0.15, 0.2) is 0 Å². The normalized spacial score (nSPS) is 36.7. The minimum atomic E-state index is -1.14. The third-order valence-electron chi connectivity index (χ3n) is 3.19. The molecule has 1 unspecified atom stereocenters. The van der Waals surface area contributed by atoms with Crippen LogP contribution in [-0.4, -0.2) is 58.3 Å². The fourth-order valence-corrected chi connectivity index (χ4v) is 2.38. The van der Waals surface area contributed by atoms with Crippen molar-refractivity contribution in [2.75, 3.05) is 6.61 Å². The lowest BCUT2D eigenvalue weighted by Gasteiger charge is -2.42. The highest BCUT2D eigenvalue weighted by Crippen LogP contribution is 2.28. The Kier molecular flexibility index (Phi) is 5.52. The molecular formula is C12H23NO5. The van der Waals surface area contributed by atoms with Gasteiger partial charge in [-0.15, -0.1) is 0 Å². The lowest BCUT2D eigenvalue weighted by molar-refractivity contribution is -0.149. The van der Waals surface area contributed by atoms with E-state index in [2.05, 4.69) is 5.32 Å². The summed E-state index contributed by atoms with van der Waals surface area (Å²) in [6.07, 6.45) is -2.27. The summed E-state index contributed by atoms with van der Waals surface area (Å²) in [5, 5.41) is 31.7. The minimum Gasteiger partial charge on any atom is -0.396 e. The quantitative estimate of drug-likeness (QED) is 0.521. The van der Waals surface area contributed by atoms with E-state index >= 15 is 0 Å². The van der Waals surface area contributed by atoms with Crippen LogP contribution in [0.3, 0.4) is 0 Å². The maximum Gasteiger partial charge on any atom is 0.217 e. The van der Waals surface area contributed by atoms with Crippen LogP contribution in [0.25, 0.3) is 0 Å². The smallest absolute Gasteiger partial charge is 0.217 e. The van der Waals surface area contributed by atoms with Gasteiger partial charge in [-0.05, 0) is 20.3 Å². The molecule has 0 aromatic heterocycles. The molecule has 1 aliphatic carbocycles. The summed E-state index contributed by atoms with van der Waals surface area (Å²) in [6, 6.07) is -0.650. The SMILES string of the molecule is CC(=O)N[C@H]1C(OC(C)C)C[C@H](CO)[C@H](O)[C@@H]1O. The highest BCUT2D eigenvalue weighted by atomic mass is 16.5. The van der Waals surface area contributed by atoms with Crippen molar-refractivity contribution in [3.8, 4) is 0 Å². The number of aliphatic hydroxyl groups is 3. The molecule has 0 bridgehead atoms. The van der Waals surface area contributed by atoms with Crippen molar-refractivity contribution in [1.29, 1.82) is 0 Å². The van der Waals surface area contributed by atoms with E-state index in [1.54, 1.807) is 0 Å². The molecule has 1 amide bonds. The van der Waals surface area contributed by atoms with E-state index in [-0.39, 0.29) is 18.6 Å². The molecule has 106 valence electrons. The van der Waals surface area contributed by atoms with Crippen molar-refractivity contribution in [3.05, 3.63) is 0 Å². The van der Waals surface area contributed by atoms with Gasteiger partial charge in [-0.3, -0.25) is 4.79 Å². The number of hydrogen-bond acceptors (Lipinski definition) is 5. The van der Waals surface area contributed by atoms with Crippen molar-refractivity contribution in [2.45, 2.75) is 57.6 Å². The van der Waals surface area contributed by atoms with Crippen LogP contribution in [-0.2, 0) is 9.53 Å². The van der Waals surface area contributed by atoms with E-state index in [1.165, 1.54) is 6.92 Å². The Bertz CT molecular complexity index is 284. The maximum atomic E-state index is 11.1. The van der Waals surface area contributed by atoms with Crippen molar-refractivity contribution in [3.63, 3.8) is 0 Å². The molecule has 0 spiro atoms. The Balaban J connectivity index is 2.83. The Morgan fingerprint density at radius 2 is 2.00 bits per heavy atom. The number of carbonyl (C=O) groups is 1. The largest absolute Gasteiger partial charge is 0.396 e. The first-order chi connectivity index (χ1) is 8.36. The van der Waals surface area contributed by atoms with Crippen LogP contribution in [0.1, 0.15) is 27.2 Å². The predicted molar refractivity (Wildman–Crippen MR) is 64.8 cm³/mol. The minimum absolute atomic E-state index is 0.0620. The molecule has 18 heavy (non-hydrogen) atoms. The van der Waals surface area contributed by atoms with Crippen molar-refractivity contribution >= 4 is 5.91 Å². The number of aliphatic hydroxyl groups excluding tert-OH is 3. The Morgan fingerprint density at radius 3 is 2.44 bits per heavy atom. The van der Waals surface area contributed by atoms with Gasteiger partial charge in [0.25, 0.3) is 0 Å². The molecule has 4 N–H and O–H groups in total. The topological polar surface area (TPSA) is 99.0 Å². The second-order valence-corrected chi connectivity index (χ2v) is 5.11. The summed E-state index contributed by atoms with van der Waals surface area (Å²) in [5.74, 6) is -0.722. The first-order valence-corrected chi connectivity index (χ1v) is 6.26. The van der Waals surface area contributed by atoms with E-state index in [4.69, 9.17) is 4.74 Å². The third kappa shape index (κ3) is 3.65. The van der Waals surface area contributed by atoms with E-state index in [9.17, 15) is 20.1 Å². The van der Waals surface area contributed by atoms with Crippen LogP contribution in [0.4, 0.5) is 0 Å². The Labute approximate surface area is 107 Å². The molecule has 1 aliphatic rings. The zero-order valence-corrected chi connectivity index (χ0v) is 11.0. The maximum absolute atomic E-state index is 11.1. The van der Waals surface area contributed by atoms with Gasteiger partial charge >= 0.3 is 0 Å². The fraction of sp³-hybridized carbons (Fsp3) is 0.917. The predicted octanol–water partition coefficient (Wildman–Crippen LogP) is -0.981. The van der Waals surface area contributed by atoms with Crippen molar-refractivity contribution < 1.29 is 24.9 Å². The molecular weight excluding hydrogens is 238 g/mol. The average molecular weight is 261 g/mol. The standard InChI is InChI=1S/C12H23NO5/c1-6(2)18-9-4-8(5-14)11(16)12(17)10(9)13-7(3)15/h6,8-12,14,16-17H,4-5H2,1-3H3,(H,13,15)/t8-,9?,10+,11+,12-/m1/s1. The number of amides is 1. The van der Waals surface area contributed by atoms with Crippen molar-refractivity contribution in [2.24, 2.45) is 5.92 Å². The molecule has 1 fully saturated rings. The van der Waals surface area contributed by atoms with Gasteiger partial charge in [-0.2, -0.15) is 0 Å². The van der Waals surface area contributed by atoms with Gasteiger partial charge in [0.2, 0.25) is 5.91 Å². The second kappa shape index (κ2) is 6.47. The van der Waals surface area contributed by atoms with Crippen LogP contribution < -0.4 is 5.32 Å². The molecule has 5 atom stereocenters. The fourth-order valence-electron chi connectivity index (χ4n) is 2.38. The van der Waals surface area contributed by atoms with Gasteiger partial charge in [0.05, 0.1) is 24.4 Å². The molecule has 1 rings (SSSR count). The molecule has 0 aromatic carbocycles. The van der Waals surface area contributed by atoms with Crippen LogP contribution >= 0.6 is 0 Å². The molecule has 0 heterocycles. The van der Waals surface area contributed by atoms with Crippen LogP contribution in [0.5, 0.6) is 0 Å². The number of rotatable bonds is 4. The van der Waals surface area contributed by atoms with Gasteiger partial charge < -0.3 is 25.4 Å². The van der Waals surface area contributed by atoms with E-state index in [0.29, 0.717) is 6.42 Å². The van der Waals surface area contributed by atoms with Gasteiger partial charge in [0.1, 0.15) is 6.10 Å². The van der Waals surface area contributed by atoms with Gasteiger partial charge in [0, 0.05) is 19.4 Å². The lowest BCUT2D eigenvalue weighted by Crippen LogP contribution is -2.61. The summed E-state index contributed by atoms with van der Waals surface area (Å²) in [5.41, 5.74) is 0. The lowest BCUT2D eigenvalue weighted by atomic mass is 9.79. The number of nitrogens with one attached hydrogen (secondary N) is 1. The molecule has 0 saturated heterocycles. The van der Waals surface area contributed by atoms with Crippen LogP contribution in [0.15, 0.2) is 0 Å². The number of carbonyl (C=O) groups excluding carboxylic acids is 1. The summed E-state index contributed by atoms with van der Waals surface area (Å²) in [4.78, 5) is 11.1. The molecule has 6 heteroatoms. The number of hydrogen-bond donors (Lipinski definition) is 4. The zero-order chi connectivity index (χ0) is 13.9. The molecule has 0 aliphatic heterocycles.